The van der Waals surface area contributed by atoms with E-state index < -0.39 is 5.41 Å². The van der Waals surface area contributed by atoms with Crippen LogP contribution in [0.5, 0.6) is 0 Å². The molecule has 17 rings (SSSR count). The highest BCUT2D eigenvalue weighted by atomic mass is 15.1. The lowest BCUT2D eigenvalue weighted by molar-refractivity contribution is 0.802. The van der Waals surface area contributed by atoms with Crippen molar-refractivity contribution in [2.75, 3.05) is 0 Å². The van der Waals surface area contributed by atoms with Crippen LogP contribution in [0, 0.1) is 0 Å². The van der Waals surface area contributed by atoms with E-state index in [1.54, 1.807) is 0 Å². The number of rotatable bonds is 5. The van der Waals surface area contributed by atoms with Crippen molar-refractivity contribution in [2.24, 2.45) is 0 Å². The summed E-state index contributed by atoms with van der Waals surface area (Å²) >= 11 is 0. The van der Waals surface area contributed by atoms with E-state index in [4.69, 9.17) is 9.97 Å². The van der Waals surface area contributed by atoms with E-state index in [9.17, 15) is 0 Å². The molecule has 1 spiro atoms. The van der Waals surface area contributed by atoms with Crippen molar-refractivity contribution < 1.29 is 0 Å². The first-order chi connectivity index (χ1) is 38.3. The molecule has 2 aliphatic carbocycles. The van der Waals surface area contributed by atoms with Gasteiger partial charge in [-0.1, -0.05) is 224 Å². The monoisotopic (exact) mass is 976 g/mol. The van der Waals surface area contributed by atoms with Gasteiger partial charge < -0.3 is 0 Å². The van der Waals surface area contributed by atoms with Crippen molar-refractivity contribution in [2.45, 2.75) is 5.41 Å². The predicted octanol–water partition coefficient (Wildman–Crippen LogP) is 18.3. The van der Waals surface area contributed by atoms with Crippen molar-refractivity contribution in [3.8, 4) is 67.5 Å². The molecular weight excluding hydrogens is 933 g/mol. The molecule has 0 aliphatic heterocycles. The lowest BCUT2D eigenvalue weighted by atomic mass is 9.69. The summed E-state index contributed by atoms with van der Waals surface area (Å²) in [7, 11) is 0. The van der Waals surface area contributed by atoms with Crippen molar-refractivity contribution in [1.29, 1.82) is 0 Å². The van der Waals surface area contributed by atoms with E-state index >= 15 is 0 Å². The predicted molar refractivity (Wildman–Crippen MR) is 318 cm³/mol. The third-order valence-electron chi connectivity index (χ3n) is 16.9. The fraction of sp³-hybridized carbons (Fsp3) is 0.0137. The van der Waals surface area contributed by atoms with Crippen LogP contribution in [0.25, 0.3) is 133 Å². The van der Waals surface area contributed by atoms with Gasteiger partial charge in [-0.15, -0.1) is 0 Å². The molecule has 0 radical (unpaired) electrons. The molecule has 1 atom stereocenters. The second-order valence-electron chi connectivity index (χ2n) is 20.7. The summed E-state index contributed by atoms with van der Waals surface area (Å²) in [6.07, 6.45) is 0. The Balaban J connectivity index is 1.04. The minimum atomic E-state index is -0.602. The molecular formula is C73H44N4. The van der Waals surface area contributed by atoms with Gasteiger partial charge in [0.05, 0.1) is 38.9 Å². The van der Waals surface area contributed by atoms with E-state index in [2.05, 4.69) is 276 Å². The zero-order valence-electron chi connectivity index (χ0n) is 41.7. The minimum Gasteiger partial charge on any atom is -0.292 e. The second kappa shape index (κ2) is 15.9. The molecule has 0 fully saturated rings. The standard InChI is InChI=1S/C73H44N4/c1-3-22-45(23-4-1)71-74-61-38-15-17-40-65(61)76(71)63-42-20-32-50-56(63)44-57-51(33-21-43-64(57)77-66-41-18-16-39-62(66)75-72(77)46-24-5-2-6-25-46)67(50)55-34-19-37-60-68(55)53-30-11-13-35-58(53)73(60)59-36-14-12-31-54(59)69-49-28-9-7-26-47(49)48-27-8-10-29-52(48)70(69)73/h1-44H. The maximum Gasteiger partial charge on any atom is 0.145 e. The number of hydrogen-bond donors (Lipinski definition) is 0. The Bertz CT molecular complexity index is 4810. The first-order valence-corrected chi connectivity index (χ1v) is 26.6. The topological polar surface area (TPSA) is 35.6 Å². The number of hydrogen-bond acceptors (Lipinski definition) is 2. The quantitative estimate of drug-likeness (QED) is 0.127. The SMILES string of the molecule is c1ccc(-c2nc3ccccc3n2-c2cccc3c(-c4cccc5c4-c4ccccc4C54c5ccccc5-c5c4c4ccccc4c4ccccc54)c4cccc(-n5c(-c6ccccc6)nc6ccccc65)c4cc23)cc1. The van der Waals surface area contributed by atoms with Crippen molar-refractivity contribution >= 4 is 65.2 Å². The number of imidazole rings is 2. The fourth-order valence-electron chi connectivity index (χ4n) is 14.0. The summed E-state index contributed by atoms with van der Waals surface area (Å²) in [6, 6.07) is 98.4. The van der Waals surface area contributed by atoms with E-state index in [0.29, 0.717) is 0 Å². The average Bonchev–Trinajstić information content (AvgIpc) is 3.54. The van der Waals surface area contributed by atoms with Crippen molar-refractivity contribution in [3.05, 3.63) is 289 Å². The Morgan fingerprint density at radius 2 is 0.675 bits per heavy atom. The molecule has 77 heavy (non-hydrogen) atoms. The van der Waals surface area contributed by atoms with Gasteiger partial charge in [-0.2, -0.15) is 0 Å². The molecule has 0 saturated carbocycles. The van der Waals surface area contributed by atoms with Gasteiger partial charge in [-0.3, -0.25) is 9.13 Å². The van der Waals surface area contributed by atoms with E-state index in [1.165, 1.54) is 88.0 Å². The van der Waals surface area contributed by atoms with Crippen LogP contribution in [0.15, 0.2) is 267 Å². The normalized spacial score (nSPS) is 14.3. The Labute approximate surface area is 444 Å². The molecule has 4 nitrogen and oxygen atoms in total. The van der Waals surface area contributed by atoms with Crippen LogP contribution in [0.2, 0.25) is 0 Å². The first kappa shape index (κ1) is 42.2. The van der Waals surface area contributed by atoms with Crippen LogP contribution < -0.4 is 0 Å². The van der Waals surface area contributed by atoms with Gasteiger partial charge in [-0.05, 0) is 130 Å². The van der Waals surface area contributed by atoms with E-state index in [0.717, 1.165) is 67.0 Å². The van der Waals surface area contributed by atoms with Gasteiger partial charge in [-0.25, -0.2) is 9.97 Å². The maximum absolute atomic E-state index is 5.39. The summed E-state index contributed by atoms with van der Waals surface area (Å²) in [5.41, 5.74) is 20.5. The molecule has 356 valence electrons. The zero-order chi connectivity index (χ0) is 50.3. The van der Waals surface area contributed by atoms with Gasteiger partial charge in [0, 0.05) is 21.9 Å². The number of para-hydroxylation sites is 4. The fourth-order valence-corrected chi connectivity index (χ4v) is 14.0. The molecule has 2 aliphatic rings. The molecule has 2 aromatic heterocycles. The molecule has 0 saturated heterocycles. The number of fused-ring (bicyclic) bond motifs is 19. The summed E-state index contributed by atoms with van der Waals surface area (Å²) in [6.45, 7) is 0. The van der Waals surface area contributed by atoms with Crippen LogP contribution in [0.4, 0.5) is 0 Å². The van der Waals surface area contributed by atoms with Crippen LogP contribution in [-0.4, -0.2) is 19.1 Å². The van der Waals surface area contributed by atoms with Crippen LogP contribution in [0.3, 0.4) is 0 Å². The molecule has 0 amide bonds. The third-order valence-corrected chi connectivity index (χ3v) is 16.9. The van der Waals surface area contributed by atoms with E-state index in [-0.39, 0.29) is 0 Å². The van der Waals surface area contributed by atoms with Gasteiger partial charge in [0.25, 0.3) is 0 Å². The average molecular weight is 977 g/mol. The molecule has 4 heteroatoms. The summed E-state index contributed by atoms with van der Waals surface area (Å²) in [5.74, 6) is 1.80. The Morgan fingerprint density at radius 1 is 0.273 bits per heavy atom. The molecule has 2 heterocycles. The summed E-state index contributed by atoms with van der Waals surface area (Å²) in [4.78, 5) is 10.8. The third kappa shape index (κ3) is 5.65. The first-order valence-electron chi connectivity index (χ1n) is 26.6. The summed E-state index contributed by atoms with van der Waals surface area (Å²) in [5, 5.41) is 9.72. The number of aromatic nitrogens is 4. The highest BCUT2D eigenvalue weighted by Crippen LogP contribution is 2.67. The Kier molecular flexibility index (Phi) is 8.73. The molecule has 0 bridgehead atoms. The lowest BCUT2D eigenvalue weighted by Crippen LogP contribution is -2.26. The Hall–Kier alpha value is -10.2. The number of benzene rings is 13. The van der Waals surface area contributed by atoms with Crippen molar-refractivity contribution in [3.63, 3.8) is 0 Å². The summed E-state index contributed by atoms with van der Waals surface area (Å²) < 4.78 is 4.77. The molecule has 15 aromatic rings. The largest absolute Gasteiger partial charge is 0.292 e. The van der Waals surface area contributed by atoms with Crippen LogP contribution in [0.1, 0.15) is 22.3 Å². The van der Waals surface area contributed by atoms with E-state index in [1.807, 2.05) is 0 Å². The van der Waals surface area contributed by atoms with Crippen molar-refractivity contribution in [1.82, 2.24) is 19.1 Å². The van der Waals surface area contributed by atoms with Gasteiger partial charge in [0.15, 0.2) is 0 Å². The van der Waals surface area contributed by atoms with Gasteiger partial charge in [0.2, 0.25) is 0 Å². The van der Waals surface area contributed by atoms with Crippen LogP contribution in [-0.2, 0) is 5.41 Å². The van der Waals surface area contributed by atoms with Gasteiger partial charge in [0.1, 0.15) is 11.6 Å². The minimum absolute atomic E-state index is 0.602. The van der Waals surface area contributed by atoms with Crippen LogP contribution >= 0.6 is 0 Å². The zero-order valence-corrected chi connectivity index (χ0v) is 41.7. The highest BCUT2D eigenvalue weighted by molar-refractivity contribution is 6.22. The maximum atomic E-state index is 5.39. The Morgan fingerprint density at radius 3 is 1.26 bits per heavy atom. The smallest absolute Gasteiger partial charge is 0.145 e. The molecule has 1 unspecified atom stereocenters. The highest BCUT2D eigenvalue weighted by Gasteiger charge is 2.53. The molecule has 13 aromatic carbocycles. The molecule has 0 N–H and O–H groups in total. The number of nitrogens with zero attached hydrogens (tertiary/aromatic N) is 4. The van der Waals surface area contributed by atoms with Gasteiger partial charge >= 0.3 is 0 Å². The lowest BCUT2D eigenvalue weighted by Gasteiger charge is -2.32. The second-order valence-corrected chi connectivity index (χ2v) is 20.7.